The van der Waals surface area contributed by atoms with Crippen LogP contribution < -0.4 is 10.2 Å². The fourth-order valence-electron chi connectivity index (χ4n) is 4.03. The van der Waals surface area contributed by atoms with Crippen molar-refractivity contribution in [1.82, 2.24) is 20.4 Å². The summed E-state index contributed by atoms with van der Waals surface area (Å²) in [6.07, 6.45) is 9.87. The van der Waals surface area contributed by atoms with Gasteiger partial charge in [-0.25, -0.2) is 0 Å². The van der Waals surface area contributed by atoms with Crippen LogP contribution in [0.3, 0.4) is 0 Å². The molecule has 1 N–H and O–H groups in total. The molecule has 0 amide bonds. The molecule has 0 bridgehead atoms. The summed E-state index contributed by atoms with van der Waals surface area (Å²) in [6.45, 7) is 3.94. The molecule has 2 fully saturated rings. The number of alkyl halides is 1. The Balaban J connectivity index is 1.39. The van der Waals surface area contributed by atoms with Crippen LogP contribution in [0.1, 0.15) is 44.4 Å². The molecule has 26 heavy (non-hydrogen) atoms. The molecule has 0 aromatic carbocycles. The molecule has 140 valence electrons. The number of aromatic nitrogens is 3. The third kappa shape index (κ3) is 4.19. The molecule has 2 aliphatic rings. The molecular formula is C19H26IN5O. The average molecular weight is 467 g/mol. The van der Waals surface area contributed by atoms with Gasteiger partial charge in [0.15, 0.2) is 0 Å². The van der Waals surface area contributed by atoms with E-state index in [-0.39, 0.29) is 0 Å². The topological polar surface area (TPSA) is 67.1 Å². The molecule has 3 heterocycles. The highest BCUT2D eigenvalue weighted by Crippen LogP contribution is 2.27. The van der Waals surface area contributed by atoms with Crippen LogP contribution in [0.25, 0.3) is 11.5 Å². The van der Waals surface area contributed by atoms with Crippen LogP contribution in [0, 0.1) is 6.92 Å². The maximum atomic E-state index is 5.04. The van der Waals surface area contributed by atoms with Crippen LogP contribution in [-0.4, -0.2) is 44.2 Å². The molecule has 4 rings (SSSR count). The third-order valence-corrected chi connectivity index (χ3v) is 6.91. The van der Waals surface area contributed by atoms with Gasteiger partial charge in [-0.1, -0.05) is 40.6 Å². The number of hydrogen-bond donors (Lipinski definition) is 1. The van der Waals surface area contributed by atoms with E-state index >= 15 is 0 Å². The fraction of sp³-hybridized carbons (Fsp3) is 0.632. The van der Waals surface area contributed by atoms with Gasteiger partial charge in [-0.15, -0.1) is 0 Å². The molecule has 0 radical (unpaired) electrons. The lowest BCUT2D eigenvalue weighted by atomic mass is 9.93. The molecule has 1 aliphatic carbocycles. The second-order valence-corrected chi connectivity index (χ2v) is 9.00. The smallest absolute Gasteiger partial charge is 0.223 e. The van der Waals surface area contributed by atoms with Crippen molar-refractivity contribution in [2.75, 3.05) is 18.0 Å². The molecule has 6 nitrogen and oxygen atoms in total. The summed E-state index contributed by atoms with van der Waals surface area (Å²) in [5.41, 5.74) is 1.93. The van der Waals surface area contributed by atoms with E-state index < -0.39 is 0 Å². The number of piperidine rings is 1. The quantitative estimate of drug-likeness (QED) is 0.546. The Labute approximate surface area is 168 Å². The van der Waals surface area contributed by atoms with Crippen LogP contribution in [0.2, 0.25) is 0 Å². The number of halogens is 1. The first kappa shape index (κ1) is 18.2. The number of anilines is 1. The fourth-order valence-corrected chi connectivity index (χ4v) is 5.04. The Morgan fingerprint density at radius 1 is 1.19 bits per heavy atom. The van der Waals surface area contributed by atoms with Crippen molar-refractivity contribution in [2.24, 2.45) is 0 Å². The monoisotopic (exact) mass is 467 g/mol. The van der Waals surface area contributed by atoms with Crippen LogP contribution in [-0.2, 0) is 0 Å². The molecule has 1 saturated carbocycles. The number of rotatable bonds is 4. The Morgan fingerprint density at radius 2 is 2.08 bits per heavy atom. The zero-order chi connectivity index (χ0) is 17.9. The van der Waals surface area contributed by atoms with E-state index in [1.54, 1.807) is 6.92 Å². The Morgan fingerprint density at radius 3 is 2.81 bits per heavy atom. The van der Waals surface area contributed by atoms with Gasteiger partial charge in [-0.3, -0.25) is 4.98 Å². The predicted molar refractivity (Wildman–Crippen MR) is 111 cm³/mol. The van der Waals surface area contributed by atoms with Crippen molar-refractivity contribution in [3.63, 3.8) is 0 Å². The van der Waals surface area contributed by atoms with Crippen molar-refractivity contribution >= 4 is 28.3 Å². The molecule has 1 aliphatic heterocycles. The molecule has 1 saturated heterocycles. The van der Waals surface area contributed by atoms with E-state index in [0.29, 0.717) is 23.8 Å². The first-order valence-electron chi connectivity index (χ1n) is 9.61. The van der Waals surface area contributed by atoms with Gasteiger partial charge in [-0.2, -0.15) is 4.98 Å². The minimum absolute atomic E-state index is 0.553. The second-order valence-electron chi connectivity index (χ2n) is 7.40. The maximum Gasteiger partial charge on any atom is 0.223 e. The van der Waals surface area contributed by atoms with Crippen molar-refractivity contribution in [2.45, 2.75) is 61.5 Å². The summed E-state index contributed by atoms with van der Waals surface area (Å²) in [5, 5.41) is 7.88. The highest BCUT2D eigenvalue weighted by molar-refractivity contribution is 14.1. The van der Waals surface area contributed by atoms with Crippen LogP contribution in [0.5, 0.6) is 0 Å². The van der Waals surface area contributed by atoms with E-state index in [9.17, 15) is 0 Å². The minimum atomic E-state index is 0.553. The molecule has 7 heteroatoms. The van der Waals surface area contributed by atoms with Gasteiger partial charge < -0.3 is 14.7 Å². The van der Waals surface area contributed by atoms with Gasteiger partial charge >= 0.3 is 0 Å². The number of hydrogen-bond acceptors (Lipinski definition) is 6. The number of nitrogens with one attached hydrogen (secondary N) is 1. The van der Waals surface area contributed by atoms with E-state index in [2.05, 4.69) is 54.0 Å². The van der Waals surface area contributed by atoms with E-state index in [1.807, 2.05) is 12.3 Å². The lowest BCUT2D eigenvalue weighted by Gasteiger charge is -2.38. The summed E-state index contributed by atoms with van der Waals surface area (Å²) in [4.78, 5) is 11.2. The summed E-state index contributed by atoms with van der Waals surface area (Å²) in [7, 11) is 0. The molecule has 2 aromatic heterocycles. The van der Waals surface area contributed by atoms with Gasteiger partial charge in [0.1, 0.15) is 5.69 Å². The van der Waals surface area contributed by atoms with Gasteiger partial charge in [0.25, 0.3) is 0 Å². The maximum absolute atomic E-state index is 5.04. The molecule has 3 atom stereocenters. The van der Waals surface area contributed by atoms with Crippen LogP contribution >= 0.6 is 22.6 Å². The molecule has 0 unspecified atom stereocenters. The highest BCUT2D eigenvalue weighted by Gasteiger charge is 2.27. The van der Waals surface area contributed by atoms with Crippen LogP contribution in [0.15, 0.2) is 22.9 Å². The first-order valence-corrected chi connectivity index (χ1v) is 10.9. The highest BCUT2D eigenvalue weighted by atomic mass is 127. The summed E-state index contributed by atoms with van der Waals surface area (Å²) in [6, 6.07) is 5.36. The lowest BCUT2D eigenvalue weighted by Crippen LogP contribution is -2.52. The van der Waals surface area contributed by atoms with Gasteiger partial charge in [-0.05, 0) is 37.8 Å². The van der Waals surface area contributed by atoms with Crippen molar-refractivity contribution in [3.05, 3.63) is 24.2 Å². The largest absolute Gasteiger partial charge is 0.369 e. The Kier molecular flexibility index (Phi) is 5.73. The number of aryl methyl sites for hydroxylation is 1. The number of nitrogens with zero attached hydrogens (tertiary/aromatic N) is 4. The predicted octanol–water partition coefficient (Wildman–Crippen LogP) is 3.74. The molecule has 0 spiro atoms. The third-order valence-electron chi connectivity index (χ3n) is 5.42. The van der Waals surface area contributed by atoms with Gasteiger partial charge in [0, 0.05) is 36.0 Å². The summed E-state index contributed by atoms with van der Waals surface area (Å²) >= 11 is 2.64. The van der Waals surface area contributed by atoms with E-state index in [0.717, 1.165) is 22.7 Å². The Hall–Kier alpha value is -1.22. The standard InChI is InChI=1S/C19H26IN5O/c1-13-22-19(24-26-13)18-9-8-15(11-21-18)25-10-4-5-14(12-25)23-17-7-3-2-6-16(17)20/h8-9,11,14,16-17,23H,2-7,10,12H2,1H3/t14-,16+,17+/m0/s1. The average Bonchev–Trinajstić information content (AvgIpc) is 3.10. The Bertz CT molecular complexity index is 719. The van der Waals surface area contributed by atoms with E-state index in [4.69, 9.17) is 4.52 Å². The lowest BCUT2D eigenvalue weighted by molar-refractivity contribution is 0.325. The van der Waals surface area contributed by atoms with Crippen LogP contribution in [0.4, 0.5) is 5.69 Å². The normalized spacial score (nSPS) is 26.8. The molecular weight excluding hydrogens is 441 g/mol. The van der Waals surface area contributed by atoms with Crippen molar-refractivity contribution in [3.8, 4) is 11.5 Å². The summed E-state index contributed by atoms with van der Waals surface area (Å²) < 4.78 is 5.81. The SMILES string of the molecule is Cc1nc(-c2ccc(N3CCC[C@H](N[C@@H]4CCCC[C@H]4I)C3)cn2)no1. The zero-order valence-electron chi connectivity index (χ0n) is 15.2. The zero-order valence-corrected chi connectivity index (χ0v) is 17.4. The first-order chi connectivity index (χ1) is 12.7. The van der Waals surface area contributed by atoms with E-state index in [1.165, 1.54) is 44.2 Å². The van der Waals surface area contributed by atoms with Gasteiger partial charge in [0.2, 0.25) is 11.7 Å². The van der Waals surface area contributed by atoms with Crippen molar-refractivity contribution < 1.29 is 4.52 Å². The second kappa shape index (κ2) is 8.21. The summed E-state index contributed by atoms with van der Waals surface area (Å²) in [5.74, 6) is 1.12. The van der Waals surface area contributed by atoms with Crippen molar-refractivity contribution in [1.29, 1.82) is 0 Å². The van der Waals surface area contributed by atoms with Gasteiger partial charge in [0.05, 0.1) is 11.9 Å². The molecule has 2 aromatic rings. The number of pyridine rings is 1. The minimum Gasteiger partial charge on any atom is -0.369 e.